The maximum atomic E-state index is 6.34. The highest BCUT2D eigenvalue weighted by atomic mass is 35.5. The summed E-state index contributed by atoms with van der Waals surface area (Å²) in [6, 6.07) is 5.79. The van der Waals surface area contributed by atoms with Crippen molar-refractivity contribution < 1.29 is 4.74 Å². The normalized spacial score (nSPS) is 16.0. The Morgan fingerprint density at radius 2 is 2.15 bits per heavy atom. The lowest BCUT2D eigenvalue weighted by molar-refractivity contribution is 0.122. The molecule has 7 nitrogen and oxygen atoms in total. The van der Waals surface area contributed by atoms with Crippen molar-refractivity contribution in [3.8, 4) is 0 Å². The number of nitrogens with zero attached hydrogens (tertiary/aromatic N) is 3. The van der Waals surface area contributed by atoms with Gasteiger partial charge in [0.25, 0.3) is 0 Å². The van der Waals surface area contributed by atoms with Crippen LogP contribution in [-0.4, -0.2) is 53.8 Å². The molecule has 4 N–H and O–H groups in total. The Morgan fingerprint density at radius 1 is 1.37 bits per heavy atom. The molecule has 1 atom stereocenters. The molecule has 1 saturated heterocycles. The van der Waals surface area contributed by atoms with Gasteiger partial charge in [-0.1, -0.05) is 25.4 Å². The number of rotatable bonds is 8. The molecule has 2 heterocycles. The van der Waals surface area contributed by atoms with Gasteiger partial charge in [-0.2, -0.15) is 4.98 Å². The van der Waals surface area contributed by atoms with E-state index in [-0.39, 0.29) is 6.04 Å². The summed E-state index contributed by atoms with van der Waals surface area (Å²) in [5.41, 5.74) is 6.95. The van der Waals surface area contributed by atoms with Crippen LogP contribution in [0.1, 0.15) is 25.7 Å². The third-order valence-corrected chi connectivity index (χ3v) is 6.12. The van der Waals surface area contributed by atoms with Crippen LogP contribution in [0.3, 0.4) is 0 Å². The summed E-state index contributed by atoms with van der Waals surface area (Å²) >= 11 is 8.10. The highest BCUT2D eigenvalue weighted by Gasteiger charge is 2.20. The third kappa shape index (κ3) is 5.51. The van der Waals surface area contributed by atoms with Gasteiger partial charge in [0.1, 0.15) is 5.82 Å². The van der Waals surface area contributed by atoms with Crippen LogP contribution >= 0.6 is 23.4 Å². The minimum Gasteiger partial charge on any atom is -0.378 e. The molecule has 1 aromatic carbocycles. The molecule has 1 aromatic heterocycles. The zero-order valence-electron chi connectivity index (χ0n) is 15.7. The van der Waals surface area contributed by atoms with E-state index in [9.17, 15) is 0 Å². The van der Waals surface area contributed by atoms with Gasteiger partial charge in [-0.25, -0.2) is 0 Å². The SMILES string of the molecule is CC(C)CSc1cc(NC(CN)c2nc(N3CCOCC3)n[nH]2)ccc1Cl. The number of nitrogens with one attached hydrogen (secondary N) is 2. The van der Waals surface area contributed by atoms with Gasteiger partial charge in [0.15, 0.2) is 0 Å². The van der Waals surface area contributed by atoms with E-state index in [2.05, 4.69) is 45.3 Å². The second kappa shape index (κ2) is 9.64. The molecule has 1 unspecified atom stereocenters. The Morgan fingerprint density at radius 3 is 2.85 bits per heavy atom. The molecule has 0 radical (unpaired) electrons. The molecule has 148 valence electrons. The molecule has 2 aromatic rings. The second-order valence-corrected chi connectivity index (χ2v) is 8.37. The number of ether oxygens (including phenoxy) is 1. The first-order valence-electron chi connectivity index (χ1n) is 9.20. The lowest BCUT2D eigenvalue weighted by atomic mass is 10.2. The first-order valence-corrected chi connectivity index (χ1v) is 10.6. The van der Waals surface area contributed by atoms with E-state index in [4.69, 9.17) is 22.1 Å². The van der Waals surface area contributed by atoms with Gasteiger partial charge in [0, 0.05) is 36.0 Å². The highest BCUT2D eigenvalue weighted by Crippen LogP contribution is 2.32. The molecule has 0 saturated carbocycles. The maximum Gasteiger partial charge on any atom is 0.244 e. The number of H-pyrrole nitrogens is 1. The van der Waals surface area contributed by atoms with Crippen LogP contribution < -0.4 is 16.0 Å². The fourth-order valence-electron chi connectivity index (χ4n) is 2.73. The summed E-state index contributed by atoms with van der Waals surface area (Å²) < 4.78 is 5.38. The van der Waals surface area contributed by atoms with Crippen molar-refractivity contribution in [2.45, 2.75) is 24.8 Å². The molecular formula is C18H27ClN6OS. The summed E-state index contributed by atoms with van der Waals surface area (Å²) in [7, 11) is 0. The number of anilines is 2. The van der Waals surface area contributed by atoms with E-state index in [0.717, 1.165) is 40.3 Å². The largest absolute Gasteiger partial charge is 0.378 e. The third-order valence-electron chi connectivity index (χ3n) is 4.19. The van der Waals surface area contributed by atoms with Crippen molar-refractivity contribution in [1.29, 1.82) is 0 Å². The van der Waals surface area contributed by atoms with Crippen LogP contribution in [0.4, 0.5) is 11.6 Å². The van der Waals surface area contributed by atoms with Gasteiger partial charge in [0.2, 0.25) is 5.95 Å². The van der Waals surface area contributed by atoms with Crippen molar-refractivity contribution in [2.24, 2.45) is 11.7 Å². The molecule has 0 amide bonds. The fraction of sp³-hybridized carbons (Fsp3) is 0.556. The average Bonchev–Trinajstić information content (AvgIpc) is 3.17. The molecule has 9 heteroatoms. The summed E-state index contributed by atoms with van der Waals surface area (Å²) in [4.78, 5) is 7.81. The number of thioether (sulfide) groups is 1. The number of nitrogens with two attached hydrogens (primary N) is 1. The molecule has 0 spiro atoms. The van der Waals surface area contributed by atoms with Crippen molar-refractivity contribution >= 4 is 35.0 Å². The topological polar surface area (TPSA) is 92.1 Å². The summed E-state index contributed by atoms with van der Waals surface area (Å²) in [5, 5.41) is 11.6. The molecule has 1 aliphatic rings. The Hall–Kier alpha value is -1.48. The lowest BCUT2D eigenvalue weighted by Gasteiger charge is -2.25. The van der Waals surface area contributed by atoms with E-state index in [1.807, 2.05) is 12.1 Å². The quantitative estimate of drug-likeness (QED) is 0.575. The van der Waals surface area contributed by atoms with E-state index in [1.54, 1.807) is 11.8 Å². The molecular weight excluding hydrogens is 384 g/mol. The number of halogens is 1. The number of hydrogen-bond acceptors (Lipinski definition) is 7. The predicted octanol–water partition coefficient (Wildman–Crippen LogP) is 3.15. The van der Waals surface area contributed by atoms with Crippen molar-refractivity contribution in [1.82, 2.24) is 15.2 Å². The Balaban J connectivity index is 1.69. The second-order valence-electron chi connectivity index (χ2n) is 6.90. The van der Waals surface area contributed by atoms with E-state index in [0.29, 0.717) is 31.6 Å². The molecule has 27 heavy (non-hydrogen) atoms. The first-order chi connectivity index (χ1) is 13.1. The molecule has 0 aliphatic carbocycles. The number of morpholine rings is 1. The van der Waals surface area contributed by atoms with Gasteiger partial charge < -0.3 is 20.7 Å². The highest BCUT2D eigenvalue weighted by molar-refractivity contribution is 7.99. The monoisotopic (exact) mass is 410 g/mol. The van der Waals surface area contributed by atoms with Gasteiger partial charge in [-0.3, -0.25) is 5.10 Å². The Labute approximate surface area is 169 Å². The number of aromatic amines is 1. The zero-order valence-corrected chi connectivity index (χ0v) is 17.3. The minimum atomic E-state index is -0.156. The predicted molar refractivity (Wildman–Crippen MR) is 112 cm³/mol. The fourth-order valence-corrected chi connectivity index (χ4v) is 3.94. The average molecular weight is 411 g/mol. The lowest BCUT2D eigenvalue weighted by Crippen LogP contribution is -2.37. The summed E-state index contributed by atoms with van der Waals surface area (Å²) in [5.74, 6) is 3.05. The van der Waals surface area contributed by atoms with Gasteiger partial charge in [-0.05, 0) is 24.1 Å². The van der Waals surface area contributed by atoms with Crippen LogP contribution in [0.2, 0.25) is 5.02 Å². The zero-order chi connectivity index (χ0) is 19.2. The van der Waals surface area contributed by atoms with Crippen LogP contribution in [-0.2, 0) is 4.74 Å². The van der Waals surface area contributed by atoms with Crippen LogP contribution in [0, 0.1) is 5.92 Å². The van der Waals surface area contributed by atoms with Crippen molar-refractivity contribution in [3.05, 3.63) is 29.0 Å². The number of hydrogen-bond donors (Lipinski definition) is 3. The number of benzene rings is 1. The van der Waals surface area contributed by atoms with Gasteiger partial charge in [-0.15, -0.1) is 16.9 Å². The minimum absolute atomic E-state index is 0.156. The number of aromatic nitrogens is 3. The standard InChI is InChI=1S/C18H27ClN6OS/c1-12(2)11-27-16-9-13(3-4-14(16)19)21-15(10-20)17-22-18(24-23-17)25-5-7-26-8-6-25/h3-4,9,12,15,21H,5-8,10-11,20H2,1-2H3,(H,22,23,24). The summed E-state index contributed by atoms with van der Waals surface area (Å²) in [6.07, 6.45) is 0. The molecule has 3 rings (SSSR count). The van der Waals surface area contributed by atoms with E-state index < -0.39 is 0 Å². The smallest absolute Gasteiger partial charge is 0.244 e. The molecule has 0 bridgehead atoms. The van der Waals surface area contributed by atoms with E-state index >= 15 is 0 Å². The van der Waals surface area contributed by atoms with Crippen LogP contribution in [0.15, 0.2) is 23.1 Å². The van der Waals surface area contributed by atoms with Crippen LogP contribution in [0.5, 0.6) is 0 Å². The maximum absolute atomic E-state index is 6.34. The first kappa shape index (κ1) is 20.3. The van der Waals surface area contributed by atoms with Gasteiger partial charge in [0.05, 0.1) is 24.3 Å². The molecule has 1 aliphatic heterocycles. The van der Waals surface area contributed by atoms with Crippen molar-refractivity contribution in [3.63, 3.8) is 0 Å². The van der Waals surface area contributed by atoms with Crippen LogP contribution in [0.25, 0.3) is 0 Å². The van der Waals surface area contributed by atoms with Gasteiger partial charge >= 0.3 is 0 Å². The van der Waals surface area contributed by atoms with Crippen molar-refractivity contribution in [2.75, 3.05) is 48.8 Å². The van der Waals surface area contributed by atoms with E-state index in [1.165, 1.54) is 0 Å². The Bertz CT molecular complexity index is 734. The Kier molecular flexibility index (Phi) is 7.23. The summed E-state index contributed by atoms with van der Waals surface area (Å²) in [6.45, 7) is 7.78. The molecule has 1 fully saturated rings.